The molecule has 0 amide bonds. The molecule has 0 radical (unpaired) electrons. The van der Waals surface area contributed by atoms with Gasteiger partial charge in [-0.3, -0.25) is 0 Å². The highest BCUT2D eigenvalue weighted by molar-refractivity contribution is 14.1. The summed E-state index contributed by atoms with van der Waals surface area (Å²) in [5, 5.41) is 18.8. The second-order valence-electron chi connectivity index (χ2n) is 2.80. The molecule has 2 saturated heterocycles. The van der Waals surface area contributed by atoms with Gasteiger partial charge in [0.25, 0.3) is 0 Å². The number of halogens is 1. The number of hydrogen-bond acceptors (Lipinski definition) is 4. The first kappa shape index (κ1) is 8.18. The van der Waals surface area contributed by atoms with Gasteiger partial charge in [-0.2, -0.15) is 0 Å². The van der Waals surface area contributed by atoms with Crippen LogP contribution in [0.3, 0.4) is 0 Å². The van der Waals surface area contributed by atoms with Crippen molar-refractivity contribution in [3.8, 4) is 0 Å². The summed E-state index contributed by atoms with van der Waals surface area (Å²) in [6, 6.07) is 0. The topological polar surface area (TPSA) is 58.9 Å². The van der Waals surface area contributed by atoms with Crippen molar-refractivity contribution in [2.45, 2.75) is 28.5 Å². The van der Waals surface area contributed by atoms with Gasteiger partial charge in [-0.1, -0.05) is 22.6 Å². The van der Waals surface area contributed by atoms with E-state index in [2.05, 4.69) is 0 Å². The minimum atomic E-state index is -0.796. The summed E-state index contributed by atoms with van der Waals surface area (Å²) in [4.78, 5) is 0. The highest BCUT2D eigenvalue weighted by Crippen LogP contribution is 2.32. The molecule has 5 atom stereocenters. The largest absolute Gasteiger partial charge is 0.389 e. The number of aliphatic hydroxyl groups excluding tert-OH is 2. The minimum absolute atomic E-state index is 0.165. The summed E-state index contributed by atoms with van der Waals surface area (Å²) >= 11 is 2.03. The fraction of sp³-hybridized carbons (Fsp3) is 1.00. The fourth-order valence-corrected chi connectivity index (χ4v) is 2.16. The fourth-order valence-electron chi connectivity index (χ4n) is 1.36. The molecule has 3 unspecified atom stereocenters. The van der Waals surface area contributed by atoms with Crippen LogP contribution in [0.5, 0.6) is 0 Å². The van der Waals surface area contributed by atoms with Crippen LogP contribution in [0.15, 0.2) is 0 Å². The molecule has 2 bridgehead atoms. The zero-order chi connectivity index (χ0) is 8.01. The molecule has 5 heteroatoms. The molecule has 11 heavy (non-hydrogen) atoms. The van der Waals surface area contributed by atoms with Gasteiger partial charge in [0.05, 0.1) is 16.6 Å². The molecule has 0 spiro atoms. The number of alkyl halides is 1. The third-order valence-electron chi connectivity index (χ3n) is 2.05. The molecule has 2 aliphatic rings. The molecular formula is C6H9IO4. The van der Waals surface area contributed by atoms with Crippen LogP contribution >= 0.6 is 22.6 Å². The van der Waals surface area contributed by atoms with Crippen LogP contribution in [-0.4, -0.2) is 45.3 Å². The Balaban J connectivity index is 2.16. The van der Waals surface area contributed by atoms with E-state index in [-0.39, 0.29) is 16.3 Å². The van der Waals surface area contributed by atoms with Gasteiger partial charge < -0.3 is 19.7 Å². The number of rotatable bonds is 0. The van der Waals surface area contributed by atoms with Gasteiger partial charge in [-0.05, 0) is 0 Å². The highest BCUT2D eigenvalue weighted by Gasteiger charge is 2.48. The van der Waals surface area contributed by atoms with Crippen LogP contribution in [0.25, 0.3) is 0 Å². The highest BCUT2D eigenvalue weighted by atomic mass is 127. The third-order valence-corrected chi connectivity index (χ3v) is 3.37. The average Bonchev–Trinajstić information content (AvgIpc) is 2.44. The summed E-state index contributed by atoms with van der Waals surface area (Å²) in [6.45, 7) is 0.391. The van der Waals surface area contributed by atoms with Crippen molar-refractivity contribution in [2.75, 3.05) is 6.61 Å². The Hall–Kier alpha value is 0.570. The number of fused-ring (bicyclic) bond motifs is 2. The van der Waals surface area contributed by atoms with Crippen LogP contribution in [0.1, 0.15) is 0 Å². The molecule has 0 aromatic rings. The normalized spacial score (nSPS) is 56.5. The van der Waals surface area contributed by atoms with Gasteiger partial charge in [0.1, 0.15) is 12.2 Å². The average molecular weight is 272 g/mol. The molecule has 2 N–H and O–H groups in total. The van der Waals surface area contributed by atoms with Crippen LogP contribution in [-0.2, 0) is 9.47 Å². The van der Waals surface area contributed by atoms with E-state index in [0.717, 1.165) is 0 Å². The lowest BCUT2D eigenvalue weighted by Crippen LogP contribution is -2.51. The summed E-state index contributed by atoms with van der Waals surface area (Å²) < 4.78 is 10.3. The van der Waals surface area contributed by atoms with Gasteiger partial charge in [-0.15, -0.1) is 0 Å². The van der Waals surface area contributed by atoms with E-state index < -0.39 is 12.2 Å². The quantitative estimate of drug-likeness (QED) is 0.451. The minimum Gasteiger partial charge on any atom is -0.389 e. The van der Waals surface area contributed by atoms with E-state index in [1.165, 1.54) is 0 Å². The van der Waals surface area contributed by atoms with Crippen LogP contribution < -0.4 is 0 Å². The smallest absolute Gasteiger partial charge is 0.172 e. The van der Waals surface area contributed by atoms with E-state index in [1.54, 1.807) is 0 Å². The molecule has 4 nitrogen and oxygen atoms in total. The Kier molecular flexibility index (Phi) is 2.09. The van der Waals surface area contributed by atoms with Crippen LogP contribution in [0, 0.1) is 0 Å². The van der Waals surface area contributed by atoms with Crippen LogP contribution in [0.4, 0.5) is 0 Å². The van der Waals surface area contributed by atoms with Crippen LogP contribution in [0.2, 0.25) is 0 Å². The molecule has 2 fully saturated rings. The molecular weight excluding hydrogens is 263 g/mol. The maximum Gasteiger partial charge on any atom is 0.172 e. The van der Waals surface area contributed by atoms with Gasteiger partial charge in [0.15, 0.2) is 6.29 Å². The SMILES string of the molecule is OC1C(I)[C@@H]2OCC(O2)[C@H]1O. The first-order valence-electron chi connectivity index (χ1n) is 3.47. The van der Waals surface area contributed by atoms with Gasteiger partial charge >= 0.3 is 0 Å². The predicted octanol–water partition coefficient (Wildman–Crippen LogP) is -0.733. The molecule has 0 saturated carbocycles. The lowest BCUT2D eigenvalue weighted by atomic mass is 10.0. The van der Waals surface area contributed by atoms with Crippen molar-refractivity contribution in [1.82, 2.24) is 0 Å². The standard InChI is InChI=1S/C6H9IO4/c7-3-5(9)4(8)2-1-10-6(3)11-2/h2-6,8-9H,1H2/t2?,3?,4-,5?,6-/m1/s1. The summed E-state index contributed by atoms with van der Waals surface area (Å²) in [7, 11) is 0. The first-order chi connectivity index (χ1) is 5.20. The summed E-state index contributed by atoms with van der Waals surface area (Å²) in [6.07, 6.45) is -2.18. The van der Waals surface area contributed by atoms with Crippen molar-refractivity contribution >= 4 is 22.6 Å². The van der Waals surface area contributed by atoms with Crippen molar-refractivity contribution < 1.29 is 19.7 Å². The number of ether oxygens (including phenoxy) is 2. The van der Waals surface area contributed by atoms with Gasteiger partial charge in [-0.25, -0.2) is 0 Å². The molecule has 2 rings (SSSR count). The second-order valence-corrected chi connectivity index (χ2v) is 4.24. The van der Waals surface area contributed by atoms with Gasteiger partial charge in [0.2, 0.25) is 0 Å². The summed E-state index contributed by atoms with van der Waals surface area (Å²) in [5.41, 5.74) is 0. The maximum atomic E-state index is 9.41. The Morgan fingerprint density at radius 2 is 2.00 bits per heavy atom. The predicted molar refractivity (Wildman–Crippen MR) is 44.4 cm³/mol. The number of aliphatic hydroxyl groups is 2. The Morgan fingerprint density at radius 1 is 1.27 bits per heavy atom. The third kappa shape index (κ3) is 1.19. The van der Waals surface area contributed by atoms with E-state index in [1.807, 2.05) is 22.6 Å². The van der Waals surface area contributed by atoms with Crippen molar-refractivity contribution in [3.63, 3.8) is 0 Å². The Morgan fingerprint density at radius 3 is 2.73 bits per heavy atom. The monoisotopic (exact) mass is 272 g/mol. The molecule has 0 aliphatic carbocycles. The molecule has 2 aliphatic heterocycles. The molecule has 64 valence electrons. The summed E-state index contributed by atoms with van der Waals surface area (Å²) in [5.74, 6) is 0. The van der Waals surface area contributed by atoms with Crippen molar-refractivity contribution in [3.05, 3.63) is 0 Å². The number of hydrogen-bond donors (Lipinski definition) is 2. The Labute approximate surface area is 77.6 Å². The van der Waals surface area contributed by atoms with E-state index in [9.17, 15) is 10.2 Å². The lowest BCUT2D eigenvalue weighted by Gasteiger charge is -2.32. The van der Waals surface area contributed by atoms with Crippen molar-refractivity contribution in [2.24, 2.45) is 0 Å². The second kappa shape index (κ2) is 2.81. The van der Waals surface area contributed by atoms with Crippen molar-refractivity contribution in [1.29, 1.82) is 0 Å². The van der Waals surface area contributed by atoms with E-state index in [4.69, 9.17) is 9.47 Å². The first-order valence-corrected chi connectivity index (χ1v) is 4.72. The Bertz CT molecular complexity index is 145. The molecule has 2 heterocycles. The molecule has 0 aromatic carbocycles. The van der Waals surface area contributed by atoms with E-state index >= 15 is 0 Å². The van der Waals surface area contributed by atoms with E-state index in [0.29, 0.717) is 6.61 Å². The maximum absolute atomic E-state index is 9.41. The zero-order valence-corrected chi connectivity index (χ0v) is 7.84. The molecule has 0 aromatic heterocycles. The zero-order valence-electron chi connectivity index (χ0n) is 5.68. The lowest BCUT2D eigenvalue weighted by molar-refractivity contribution is -0.156. The van der Waals surface area contributed by atoms with Gasteiger partial charge in [0, 0.05) is 0 Å².